The average Bonchev–Trinajstić information content (AvgIpc) is 3.49. The molecule has 0 fully saturated rings. The summed E-state index contributed by atoms with van der Waals surface area (Å²) in [5.74, 6) is 0.474. The summed E-state index contributed by atoms with van der Waals surface area (Å²) in [5, 5.41) is 13.1. The summed E-state index contributed by atoms with van der Waals surface area (Å²) in [5.41, 5.74) is 11.4. The average molecular weight is 525 g/mol. The number of nitrogens with two attached hydrogens (primary N) is 1. The molecular weight excluding hydrogens is 504 g/mol. The maximum Gasteiger partial charge on any atom is 0.251 e. The summed E-state index contributed by atoms with van der Waals surface area (Å²) in [6.07, 6.45) is 3.63. The number of nitrogen functional groups attached to an aromatic ring is 1. The number of phenolic OH excluding ortho intramolecular Hbond substituents is 1. The van der Waals surface area contributed by atoms with Gasteiger partial charge in [0.05, 0.1) is 17.2 Å². The predicted octanol–water partition coefficient (Wildman–Crippen LogP) is 4.65. The topological polar surface area (TPSA) is 136 Å². The first-order valence-electron chi connectivity index (χ1n) is 11.9. The number of imidazole rings is 1. The lowest BCUT2D eigenvalue weighted by molar-refractivity contribution is 0.0936. The Morgan fingerprint density at radius 2 is 2.00 bits per heavy atom. The number of aromatic hydroxyl groups is 1. The van der Waals surface area contributed by atoms with Crippen molar-refractivity contribution in [3.05, 3.63) is 94.3 Å². The molecule has 10 heteroatoms. The molecule has 6 rings (SSSR count). The molecule has 0 bridgehead atoms. The van der Waals surface area contributed by atoms with Crippen LogP contribution in [0.2, 0.25) is 5.15 Å². The van der Waals surface area contributed by atoms with E-state index in [0.717, 1.165) is 29.7 Å². The van der Waals surface area contributed by atoms with Gasteiger partial charge < -0.3 is 16.2 Å². The molecule has 0 radical (unpaired) electrons. The second-order valence-corrected chi connectivity index (χ2v) is 9.41. The van der Waals surface area contributed by atoms with Crippen LogP contribution < -0.4 is 11.1 Å². The van der Waals surface area contributed by atoms with Crippen molar-refractivity contribution in [2.24, 2.45) is 0 Å². The van der Waals surface area contributed by atoms with Crippen molar-refractivity contribution in [3.63, 3.8) is 0 Å². The van der Waals surface area contributed by atoms with Gasteiger partial charge in [-0.05, 0) is 78.6 Å². The Morgan fingerprint density at radius 1 is 1.13 bits per heavy atom. The molecule has 3 heterocycles. The second kappa shape index (κ2) is 9.28. The van der Waals surface area contributed by atoms with Gasteiger partial charge in [-0.3, -0.25) is 14.2 Å². The molecule has 38 heavy (non-hydrogen) atoms. The second-order valence-electron chi connectivity index (χ2n) is 9.02. The van der Waals surface area contributed by atoms with Crippen LogP contribution in [0.4, 0.5) is 5.82 Å². The van der Waals surface area contributed by atoms with Crippen LogP contribution in [0, 0.1) is 0 Å². The molecule has 1 amide bonds. The zero-order valence-electron chi connectivity index (χ0n) is 19.9. The minimum absolute atomic E-state index is 0.0699. The molecule has 1 aliphatic carbocycles. The van der Waals surface area contributed by atoms with Gasteiger partial charge in [-0.25, -0.2) is 15.0 Å². The molecule has 188 valence electrons. The number of halogens is 1. The van der Waals surface area contributed by atoms with Gasteiger partial charge in [0.25, 0.3) is 5.91 Å². The first-order valence-corrected chi connectivity index (χ1v) is 12.3. The lowest BCUT2D eigenvalue weighted by Gasteiger charge is -2.16. The van der Waals surface area contributed by atoms with Crippen LogP contribution in [0.1, 0.15) is 44.3 Å². The lowest BCUT2D eigenvalue weighted by atomic mass is 10.1. The maximum atomic E-state index is 12.9. The summed E-state index contributed by atoms with van der Waals surface area (Å²) in [6, 6.07) is 17.2. The van der Waals surface area contributed by atoms with Crippen molar-refractivity contribution in [1.82, 2.24) is 24.8 Å². The minimum Gasteiger partial charge on any atom is -0.507 e. The number of anilines is 1. The van der Waals surface area contributed by atoms with Gasteiger partial charge in [-0.1, -0.05) is 17.7 Å². The molecule has 2 aromatic carbocycles. The van der Waals surface area contributed by atoms with Crippen LogP contribution in [0.25, 0.3) is 28.2 Å². The van der Waals surface area contributed by atoms with E-state index in [1.54, 1.807) is 18.3 Å². The van der Waals surface area contributed by atoms with Crippen molar-refractivity contribution in [2.45, 2.75) is 18.9 Å². The molecule has 0 saturated carbocycles. The highest BCUT2D eigenvalue weighted by atomic mass is 35.5. The highest BCUT2D eigenvalue weighted by Crippen LogP contribution is 2.36. The monoisotopic (exact) mass is 524 g/mol. The number of phenols is 1. The Morgan fingerprint density at radius 3 is 2.82 bits per heavy atom. The van der Waals surface area contributed by atoms with Crippen molar-refractivity contribution >= 4 is 40.8 Å². The number of aldehydes is 1. The third-order valence-electron chi connectivity index (χ3n) is 6.73. The zero-order chi connectivity index (χ0) is 26.4. The Balaban J connectivity index is 1.37. The van der Waals surface area contributed by atoms with Crippen molar-refractivity contribution in [1.29, 1.82) is 0 Å². The normalized spacial score (nSPS) is 14.4. The summed E-state index contributed by atoms with van der Waals surface area (Å²) in [4.78, 5) is 37.6. The third-order valence-corrected chi connectivity index (χ3v) is 6.94. The van der Waals surface area contributed by atoms with Gasteiger partial charge in [-0.2, -0.15) is 0 Å². The summed E-state index contributed by atoms with van der Waals surface area (Å²) in [7, 11) is 0. The first kappa shape index (κ1) is 23.6. The number of nitrogens with zero attached hydrogens (tertiary/aromatic N) is 4. The molecular formula is C28H21ClN6O3. The van der Waals surface area contributed by atoms with E-state index < -0.39 is 0 Å². The number of pyridine rings is 2. The summed E-state index contributed by atoms with van der Waals surface area (Å²) >= 11 is 6.24. The van der Waals surface area contributed by atoms with Crippen LogP contribution >= 0.6 is 11.6 Å². The third kappa shape index (κ3) is 4.03. The fourth-order valence-electron chi connectivity index (χ4n) is 4.89. The fraction of sp³-hybridized carbons (Fsp3) is 0.107. The number of aromatic nitrogens is 4. The molecule has 0 spiro atoms. The zero-order valence-corrected chi connectivity index (χ0v) is 20.7. The molecule has 9 nitrogen and oxygen atoms in total. The van der Waals surface area contributed by atoms with Crippen LogP contribution in [-0.4, -0.2) is 36.8 Å². The summed E-state index contributed by atoms with van der Waals surface area (Å²) < 4.78 is 1.91. The Labute approximate surface area is 221 Å². The number of aryl methyl sites for hydroxylation is 1. The Bertz CT molecular complexity index is 1750. The van der Waals surface area contributed by atoms with E-state index in [4.69, 9.17) is 22.3 Å². The van der Waals surface area contributed by atoms with E-state index >= 15 is 0 Å². The highest BCUT2D eigenvalue weighted by molar-refractivity contribution is 6.29. The van der Waals surface area contributed by atoms with E-state index in [0.29, 0.717) is 45.4 Å². The van der Waals surface area contributed by atoms with Crippen LogP contribution in [0.15, 0.2) is 66.9 Å². The lowest BCUT2D eigenvalue weighted by Crippen LogP contribution is -2.27. The smallest absolute Gasteiger partial charge is 0.251 e. The molecule has 1 atom stereocenters. The number of nitrogens with one attached hydrogen (secondary N) is 1. The number of amides is 1. The van der Waals surface area contributed by atoms with Crippen LogP contribution in [-0.2, 0) is 6.42 Å². The SMILES string of the molecule is Nc1ncccc1-c1nc2ccc(Cl)nc2n1-c1ccc2c(c1)CC[C@@H]2NC(=O)c1ccc(O)c(C=O)c1. The highest BCUT2D eigenvalue weighted by Gasteiger charge is 2.26. The fourth-order valence-corrected chi connectivity index (χ4v) is 5.03. The van der Waals surface area contributed by atoms with Crippen LogP contribution in [0.5, 0.6) is 5.75 Å². The first-order chi connectivity index (χ1) is 18.4. The van der Waals surface area contributed by atoms with E-state index in [-0.39, 0.29) is 23.3 Å². The molecule has 0 aliphatic heterocycles. The number of carbonyl (C=O) groups excluding carboxylic acids is 2. The van der Waals surface area contributed by atoms with Gasteiger partial charge in [0, 0.05) is 17.4 Å². The van der Waals surface area contributed by atoms with E-state index in [1.165, 1.54) is 18.2 Å². The van der Waals surface area contributed by atoms with Crippen molar-refractivity contribution < 1.29 is 14.7 Å². The number of fused-ring (bicyclic) bond motifs is 2. The van der Waals surface area contributed by atoms with Gasteiger partial charge in [-0.15, -0.1) is 0 Å². The summed E-state index contributed by atoms with van der Waals surface area (Å²) in [6.45, 7) is 0. The van der Waals surface area contributed by atoms with Crippen LogP contribution in [0.3, 0.4) is 0 Å². The number of hydrogen-bond acceptors (Lipinski definition) is 7. The molecule has 3 aromatic heterocycles. The van der Waals surface area contributed by atoms with Crippen molar-refractivity contribution in [3.8, 4) is 22.8 Å². The molecule has 0 unspecified atom stereocenters. The number of carbonyl (C=O) groups is 2. The maximum absolute atomic E-state index is 12.9. The Kier molecular flexibility index (Phi) is 5.77. The number of hydrogen-bond donors (Lipinski definition) is 3. The minimum atomic E-state index is -0.316. The van der Waals surface area contributed by atoms with Crippen molar-refractivity contribution in [2.75, 3.05) is 5.73 Å². The van der Waals surface area contributed by atoms with Gasteiger partial charge in [0.2, 0.25) is 0 Å². The predicted molar refractivity (Wildman–Crippen MR) is 144 cm³/mol. The van der Waals surface area contributed by atoms with E-state index in [1.807, 2.05) is 28.8 Å². The van der Waals surface area contributed by atoms with Gasteiger partial charge in [0.1, 0.15) is 22.2 Å². The Hall–Kier alpha value is -4.76. The van der Waals surface area contributed by atoms with E-state index in [9.17, 15) is 14.7 Å². The van der Waals surface area contributed by atoms with Gasteiger partial charge in [0.15, 0.2) is 17.8 Å². The number of benzene rings is 2. The molecule has 4 N–H and O–H groups in total. The quantitative estimate of drug-likeness (QED) is 0.225. The number of rotatable bonds is 5. The molecule has 1 aliphatic rings. The largest absolute Gasteiger partial charge is 0.507 e. The standard InChI is InChI=1S/C28H21ClN6O3/c29-24-10-8-22-27(34-24)35(26(32-22)20-2-1-11-31-25(20)30)18-5-6-19-15(13-18)3-7-21(19)33-28(38)16-4-9-23(37)17(12-16)14-36/h1-2,4-6,8-14,21,37H,3,7H2,(H2,30,31)(H,33,38)/t21-/m0/s1. The van der Waals surface area contributed by atoms with Gasteiger partial charge >= 0.3 is 0 Å². The van der Waals surface area contributed by atoms with E-state index in [2.05, 4.69) is 21.4 Å². The molecule has 0 saturated heterocycles. The molecule has 5 aromatic rings.